The molecule has 0 spiro atoms. The van der Waals surface area contributed by atoms with Crippen molar-refractivity contribution in [2.75, 3.05) is 0 Å². The maximum Gasteiger partial charge on any atom is 0.534 e. The number of benzene rings is 2. The summed E-state index contributed by atoms with van der Waals surface area (Å²) in [6.07, 6.45) is -0.126. The lowest BCUT2D eigenvalue weighted by Gasteiger charge is -2.34. The zero-order chi connectivity index (χ0) is 20.4. The molecule has 0 N–H and O–H groups in total. The maximum absolute atomic E-state index is 12.7. The number of rotatable bonds is 4. The van der Waals surface area contributed by atoms with Gasteiger partial charge >= 0.3 is 15.6 Å². The van der Waals surface area contributed by atoms with Gasteiger partial charge in [-0.05, 0) is 30.9 Å². The van der Waals surface area contributed by atoms with Crippen LogP contribution in [0.25, 0.3) is 0 Å². The van der Waals surface area contributed by atoms with E-state index in [1.54, 1.807) is 24.3 Å². The van der Waals surface area contributed by atoms with Crippen LogP contribution < -0.4 is 0 Å². The van der Waals surface area contributed by atoms with Gasteiger partial charge in [0.15, 0.2) is 0 Å². The molecule has 1 aliphatic heterocycles. The van der Waals surface area contributed by atoms with Crippen molar-refractivity contribution in [3.05, 3.63) is 83.1 Å². The van der Waals surface area contributed by atoms with Crippen LogP contribution in [0, 0.1) is 0 Å². The van der Waals surface area contributed by atoms with Crippen molar-refractivity contribution in [3.63, 3.8) is 0 Å². The number of halogens is 3. The Labute approximate surface area is 161 Å². The summed E-state index contributed by atoms with van der Waals surface area (Å²) >= 11 is 0. The van der Waals surface area contributed by atoms with Crippen molar-refractivity contribution in [2.24, 2.45) is 0 Å². The highest BCUT2D eigenvalue weighted by Gasteiger charge is 2.49. The first-order valence-corrected chi connectivity index (χ1v) is 10.1. The van der Waals surface area contributed by atoms with Gasteiger partial charge in [0, 0.05) is 5.57 Å². The molecule has 1 heterocycles. The maximum atomic E-state index is 12.7. The summed E-state index contributed by atoms with van der Waals surface area (Å²) in [6, 6.07) is 18.4. The monoisotopic (exact) mass is 412 g/mol. The second-order valence-electron chi connectivity index (χ2n) is 6.43. The highest BCUT2D eigenvalue weighted by Crippen LogP contribution is 2.44. The molecule has 1 aliphatic rings. The van der Waals surface area contributed by atoms with Gasteiger partial charge in [-0.25, -0.2) is 0 Å². The Morgan fingerprint density at radius 1 is 1.00 bits per heavy atom. The topological polar surface area (TPSA) is 52.6 Å². The average molecular weight is 412 g/mol. The normalized spacial score (nSPS) is 22.6. The van der Waals surface area contributed by atoms with E-state index in [1.165, 1.54) is 6.92 Å². The lowest BCUT2D eigenvalue weighted by atomic mass is 9.90. The smallest absolute Gasteiger partial charge is 0.381 e. The first-order chi connectivity index (χ1) is 13.2. The van der Waals surface area contributed by atoms with E-state index >= 15 is 0 Å². The Morgan fingerprint density at radius 2 is 1.54 bits per heavy atom. The van der Waals surface area contributed by atoms with Crippen LogP contribution in [-0.4, -0.2) is 13.9 Å². The fourth-order valence-corrected chi connectivity index (χ4v) is 3.71. The first kappa shape index (κ1) is 20.4. The Balaban J connectivity index is 1.96. The molecule has 150 valence electrons. The van der Waals surface area contributed by atoms with E-state index in [9.17, 15) is 21.6 Å². The van der Waals surface area contributed by atoms with Crippen LogP contribution in [0.5, 0.6) is 0 Å². The Kier molecular flexibility index (Phi) is 5.81. The van der Waals surface area contributed by atoms with Gasteiger partial charge in [-0.15, -0.1) is 0 Å². The van der Waals surface area contributed by atoms with E-state index < -0.39 is 21.7 Å². The molecule has 1 fully saturated rings. The lowest BCUT2D eigenvalue weighted by Crippen LogP contribution is -2.26. The summed E-state index contributed by atoms with van der Waals surface area (Å²) in [5.41, 5.74) is -3.44. The number of ether oxygens (including phenoxy) is 1. The van der Waals surface area contributed by atoms with Crippen LogP contribution in [0.1, 0.15) is 43.1 Å². The Bertz CT molecular complexity index is 938. The van der Waals surface area contributed by atoms with Gasteiger partial charge < -0.3 is 8.92 Å². The van der Waals surface area contributed by atoms with Crippen molar-refractivity contribution in [1.82, 2.24) is 0 Å². The molecular weight excluding hydrogens is 393 g/mol. The molecule has 0 radical (unpaired) electrons. The Morgan fingerprint density at radius 3 is 2.07 bits per heavy atom. The zero-order valence-corrected chi connectivity index (χ0v) is 15.8. The van der Waals surface area contributed by atoms with Crippen LogP contribution in [0.3, 0.4) is 0 Å². The molecule has 2 aromatic carbocycles. The molecule has 4 nitrogen and oxygen atoms in total. The second kappa shape index (κ2) is 7.97. The largest absolute Gasteiger partial charge is 0.534 e. The van der Waals surface area contributed by atoms with E-state index in [1.807, 2.05) is 36.4 Å². The van der Waals surface area contributed by atoms with Gasteiger partial charge in [0.25, 0.3) is 0 Å². The van der Waals surface area contributed by atoms with Gasteiger partial charge in [0.2, 0.25) is 0 Å². The molecular formula is C20H19F3O4S. The summed E-state index contributed by atoms with van der Waals surface area (Å²) in [7, 11) is -5.73. The van der Waals surface area contributed by atoms with Gasteiger partial charge in [0.1, 0.15) is 11.9 Å². The SMILES string of the molecule is CC(OS(=O)(=O)C(F)(F)F)=C1CC[C@@H](c2ccccc2)O[C@H]1c1ccccc1. The van der Waals surface area contributed by atoms with E-state index in [0.29, 0.717) is 24.0 Å². The lowest BCUT2D eigenvalue weighted by molar-refractivity contribution is -0.0530. The minimum Gasteiger partial charge on any atom is -0.381 e. The van der Waals surface area contributed by atoms with E-state index in [4.69, 9.17) is 4.74 Å². The summed E-state index contributed by atoms with van der Waals surface area (Å²) in [5, 5.41) is 0. The van der Waals surface area contributed by atoms with Crippen LogP contribution in [-0.2, 0) is 19.0 Å². The van der Waals surface area contributed by atoms with Crippen LogP contribution >= 0.6 is 0 Å². The quantitative estimate of drug-likeness (QED) is 0.382. The first-order valence-electron chi connectivity index (χ1n) is 8.65. The van der Waals surface area contributed by atoms with Gasteiger partial charge in [-0.3, -0.25) is 0 Å². The van der Waals surface area contributed by atoms with Crippen molar-refractivity contribution >= 4 is 10.1 Å². The minimum absolute atomic E-state index is 0.262. The molecule has 28 heavy (non-hydrogen) atoms. The molecule has 0 amide bonds. The fraction of sp³-hybridized carbons (Fsp3) is 0.300. The molecule has 0 aromatic heterocycles. The third-order valence-electron chi connectivity index (χ3n) is 4.54. The predicted octanol–water partition coefficient (Wildman–Crippen LogP) is 5.42. The molecule has 3 rings (SSSR count). The number of hydrogen-bond donors (Lipinski definition) is 0. The summed E-state index contributed by atoms with van der Waals surface area (Å²) < 4.78 is 71.5. The van der Waals surface area contributed by atoms with Crippen molar-refractivity contribution in [1.29, 1.82) is 0 Å². The highest BCUT2D eigenvalue weighted by molar-refractivity contribution is 7.87. The minimum atomic E-state index is -5.73. The zero-order valence-electron chi connectivity index (χ0n) is 15.0. The Hall–Kier alpha value is -2.32. The van der Waals surface area contributed by atoms with Crippen LogP contribution in [0.2, 0.25) is 0 Å². The molecule has 0 unspecified atom stereocenters. The average Bonchev–Trinajstić information content (AvgIpc) is 2.67. The van der Waals surface area contributed by atoms with Crippen molar-refractivity contribution in [3.8, 4) is 0 Å². The third kappa shape index (κ3) is 4.39. The fourth-order valence-electron chi connectivity index (χ4n) is 3.18. The molecule has 1 saturated heterocycles. The molecule has 2 aromatic rings. The third-order valence-corrected chi connectivity index (χ3v) is 5.57. The van der Waals surface area contributed by atoms with Crippen molar-refractivity contribution < 1.29 is 30.5 Å². The van der Waals surface area contributed by atoms with Crippen molar-refractivity contribution in [2.45, 2.75) is 37.5 Å². The van der Waals surface area contributed by atoms with Gasteiger partial charge in [-0.2, -0.15) is 21.6 Å². The highest BCUT2D eigenvalue weighted by atomic mass is 32.2. The van der Waals surface area contributed by atoms with E-state index in [2.05, 4.69) is 4.18 Å². The number of hydrogen-bond acceptors (Lipinski definition) is 4. The molecule has 0 bridgehead atoms. The van der Waals surface area contributed by atoms with Crippen LogP contribution in [0.4, 0.5) is 13.2 Å². The van der Waals surface area contributed by atoms with Gasteiger partial charge in [0.05, 0.1) is 6.10 Å². The summed E-state index contributed by atoms with van der Waals surface area (Å²) in [6.45, 7) is 1.22. The molecule has 0 aliphatic carbocycles. The molecule has 8 heteroatoms. The molecule has 0 saturated carbocycles. The van der Waals surface area contributed by atoms with Crippen LogP contribution in [0.15, 0.2) is 72.0 Å². The standard InChI is InChI=1S/C20H19F3O4S/c1-14(27-28(24,25)20(21,22)23)17-12-13-18(15-8-4-2-5-9-15)26-19(17)16-10-6-3-7-11-16/h2-11,18-19H,12-13H2,1H3/t18-,19-/m0/s1. The number of alkyl halides is 3. The van der Waals surface area contributed by atoms with Gasteiger partial charge in [-0.1, -0.05) is 60.7 Å². The second-order valence-corrected chi connectivity index (χ2v) is 7.97. The van der Waals surface area contributed by atoms with E-state index in [-0.39, 0.29) is 11.9 Å². The summed E-state index contributed by atoms with van der Waals surface area (Å²) in [4.78, 5) is 0. The molecule has 2 atom stereocenters. The number of allylic oxidation sites excluding steroid dienone is 1. The predicted molar refractivity (Wildman–Crippen MR) is 97.4 cm³/mol. The summed E-state index contributed by atoms with van der Waals surface area (Å²) in [5.74, 6) is -0.308. The van der Waals surface area contributed by atoms with E-state index in [0.717, 1.165) is 5.56 Å².